The smallest absolute Gasteiger partial charge is 0.0171 e. The monoisotopic (exact) mass is 206 g/mol. The van der Waals surface area contributed by atoms with Crippen molar-refractivity contribution in [3.8, 4) is 0 Å². The van der Waals surface area contributed by atoms with Gasteiger partial charge in [-0.25, -0.2) is 0 Å². The molecule has 1 fully saturated rings. The summed E-state index contributed by atoms with van der Waals surface area (Å²) in [6.45, 7) is 9.57. The Labute approximate surface area is 95.1 Å². The van der Waals surface area contributed by atoms with Gasteiger partial charge < -0.3 is 0 Å². The van der Waals surface area contributed by atoms with Crippen molar-refractivity contribution in [3.05, 3.63) is 11.6 Å². The Kier molecular flexibility index (Phi) is 3.23. The van der Waals surface area contributed by atoms with E-state index in [0.717, 1.165) is 29.6 Å². The van der Waals surface area contributed by atoms with Gasteiger partial charge in [0.1, 0.15) is 0 Å². The summed E-state index contributed by atoms with van der Waals surface area (Å²) in [6, 6.07) is 0. The van der Waals surface area contributed by atoms with Gasteiger partial charge >= 0.3 is 0 Å². The van der Waals surface area contributed by atoms with E-state index in [1.54, 1.807) is 5.57 Å². The Morgan fingerprint density at radius 1 is 1.27 bits per heavy atom. The maximum absolute atomic E-state index is 2.63. The third kappa shape index (κ3) is 2.14. The maximum atomic E-state index is 2.63. The van der Waals surface area contributed by atoms with Crippen LogP contribution in [0.2, 0.25) is 0 Å². The van der Waals surface area contributed by atoms with Gasteiger partial charge in [0, 0.05) is 0 Å². The van der Waals surface area contributed by atoms with Gasteiger partial charge in [-0.05, 0) is 55.8 Å². The number of hydrogen-bond acceptors (Lipinski definition) is 0. The lowest BCUT2D eigenvalue weighted by Crippen LogP contribution is -2.34. The molecular formula is C15H26. The Morgan fingerprint density at radius 2 is 2.00 bits per heavy atom. The highest BCUT2D eigenvalue weighted by molar-refractivity contribution is 5.12. The summed E-state index contributed by atoms with van der Waals surface area (Å²) in [5, 5.41) is 0. The largest absolute Gasteiger partial charge is 0.0817 e. The van der Waals surface area contributed by atoms with Gasteiger partial charge in [0.15, 0.2) is 0 Å². The Bertz CT molecular complexity index is 249. The van der Waals surface area contributed by atoms with E-state index in [1.165, 1.54) is 25.7 Å². The number of allylic oxidation sites excluding steroid dienone is 2. The summed E-state index contributed by atoms with van der Waals surface area (Å²) >= 11 is 0. The zero-order chi connectivity index (χ0) is 11.0. The fourth-order valence-corrected chi connectivity index (χ4v) is 3.77. The average molecular weight is 206 g/mol. The summed E-state index contributed by atoms with van der Waals surface area (Å²) in [6.07, 6.45) is 8.52. The van der Waals surface area contributed by atoms with Crippen molar-refractivity contribution in [1.29, 1.82) is 0 Å². The van der Waals surface area contributed by atoms with Crippen LogP contribution >= 0.6 is 0 Å². The quantitative estimate of drug-likeness (QED) is 0.547. The van der Waals surface area contributed by atoms with Crippen LogP contribution < -0.4 is 0 Å². The number of hydrogen-bond donors (Lipinski definition) is 0. The molecule has 1 saturated carbocycles. The van der Waals surface area contributed by atoms with Crippen LogP contribution in [-0.4, -0.2) is 0 Å². The molecule has 0 heterocycles. The van der Waals surface area contributed by atoms with Crippen molar-refractivity contribution in [2.45, 2.75) is 53.4 Å². The lowest BCUT2D eigenvalue weighted by atomic mass is 9.62. The molecule has 4 atom stereocenters. The summed E-state index contributed by atoms with van der Waals surface area (Å²) < 4.78 is 0. The second-order valence-electron chi connectivity index (χ2n) is 6.22. The lowest BCUT2D eigenvalue weighted by molar-refractivity contribution is 0.124. The SMILES string of the molecule is CC1=CC2C(CCCC2C(C)C)CC1C. The highest BCUT2D eigenvalue weighted by Crippen LogP contribution is 2.46. The van der Waals surface area contributed by atoms with Crippen molar-refractivity contribution in [2.75, 3.05) is 0 Å². The molecule has 2 rings (SSSR count). The van der Waals surface area contributed by atoms with Crippen LogP contribution in [0.15, 0.2) is 11.6 Å². The van der Waals surface area contributed by atoms with Gasteiger partial charge in [-0.1, -0.05) is 38.8 Å². The highest BCUT2D eigenvalue weighted by atomic mass is 14.4. The van der Waals surface area contributed by atoms with Gasteiger partial charge in [0.2, 0.25) is 0 Å². The molecule has 0 aliphatic heterocycles. The van der Waals surface area contributed by atoms with Gasteiger partial charge in [0.05, 0.1) is 0 Å². The molecule has 0 N–H and O–H groups in total. The van der Waals surface area contributed by atoms with Gasteiger partial charge in [-0.2, -0.15) is 0 Å². The fourth-order valence-electron chi connectivity index (χ4n) is 3.77. The molecule has 2 aliphatic rings. The number of rotatable bonds is 1. The molecular weight excluding hydrogens is 180 g/mol. The third-order valence-electron chi connectivity index (χ3n) is 4.90. The minimum absolute atomic E-state index is 0.845. The third-order valence-corrected chi connectivity index (χ3v) is 4.90. The molecule has 0 aromatic carbocycles. The molecule has 0 aromatic heterocycles. The summed E-state index contributed by atoms with van der Waals surface area (Å²) in [7, 11) is 0. The molecule has 86 valence electrons. The molecule has 0 spiro atoms. The molecule has 0 heteroatoms. The topological polar surface area (TPSA) is 0 Å². The zero-order valence-corrected chi connectivity index (χ0v) is 10.8. The average Bonchev–Trinajstić information content (AvgIpc) is 2.18. The van der Waals surface area contributed by atoms with E-state index in [1.807, 2.05) is 0 Å². The molecule has 0 radical (unpaired) electrons. The fraction of sp³-hybridized carbons (Fsp3) is 0.867. The van der Waals surface area contributed by atoms with E-state index in [9.17, 15) is 0 Å². The van der Waals surface area contributed by atoms with E-state index < -0.39 is 0 Å². The predicted octanol–water partition coefficient (Wildman–Crippen LogP) is 4.66. The normalized spacial score (nSPS) is 41.3. The Hall–Kier alpha value is -0.260. The van der Waals surface area contributed by atoms with Crippen LogP contribution in [0.25, 0.3) is 0 Å². The molecule has 0 aromatic rings. The summed E-state index contributed by atoms with van der Waals surface area (Å²) in [5.74, 6) is 4.60. The van der Waals surface area contributed by atoms with Crippen LogP contribution in [0.4, 0.5) is 0 Å². The second-order valence-corrected chi connectivity index (χ2v) is 6.22. The van der Waals surface area contributed by atoms with Crippen molar-refractivity contribution >= 4 is 0 Å². The lowest BCUT2D eigenvalue weighted by Gasteiger charge is -2.43. The molecule has 15 heavy (non-hydrogen) atoms. The molecule has 0 saturated heterocycles. The van der Waals surface area contributed by atoms with Gasteiger partial charge in [-0.3, -0.25) is 0 Å². The van der Waals surface area contributed by atoms with Crippen LogP contribution in [0.5, 0.6) is 0 Å². The Morgan fingerprint density at radius 3 is 2.67 bits per heavy atom. The molecule has 4 unspecified atom stereocenters. The van der Waals surface area contributed by atoms with Crippen molar-refractivity contribution in [1.82, 2.24) is 0 Å². The van der Waals surface area contributed by atoms with Crippen LogP contribution in [0, 0.1) is 29.6 Å². The zero-order valence-electron chi connectivity index (χ0n) is 10.8. The predicted molar refractivity (Wildman–Crippen MR) is 66.7 cm³/mol. The van der Waals surface area contributed by atoms with E-state index in [4.69, 9.17) is 0 Å². The summed E-state index contributed by atoms with van der Waals surface area (Å²) in [5.41, 5.74) is 1.66. The molecule has 2 aliphatic carbocycles. The minimum atomic E-state index is 0.845. The second kappa shape index (κ2) is 4.31. The number of fused-ring (bicyclic) bond motifs is 1. The highest BCUT2D eigenvalue weighted by Gasteiger charge is 2.36. The first kappa shape index (κ1) is 11.2. The van der Waals surface area contributed by atoms with Gasteiger partial charge in [0.25, 0.3) is 0 Å². The standard InChI is InChI=1S/C15H26/c1-10(2)14-7-5-6-13-8-11(3)12(4)9-15(13)14/h9-11,13-15H,5-8H2,1-4H3. The van der Waals surface area contributed by atoms with E-state index in [-0.39, 0.29) is 0 Å². The van der Waals surface area contributed by atoms with E-state index >= 15 is 0 Å². The van der Waals surface area contributed by atoms with Crippen molar-refractivity contribution < 1.29 is 0 Å². The van der Waals surface area contributed by atoms with Crippen LogP contribution in [-0.2, 0) is 0 Å². The molecule has 0 amide bonds. The van der Waals surface area contributed by atoms with Crippen molar-refractivity contribution in [3.63, 3.8) is 0 Å². The van der Waals surface area contributed by atoms with Crippen LogP contribution in [0.3, 0.4) is 0 Å². The van der Waals surface area contributed by atoms with Crippen LogP contribution in [0.1, 0.15) is 53.4 Å². The molecule has 0 bridgehead atoms. The van der Waals surface area contributed by atoms with Gasteiger partial charge in [-0.15, -0.1) is 0 Å². The van der Waals surface area contributed by atoms with E-state index in [0.29, 0.717) is 0 Å². The first-order chi connectivity index (χ1) is 7.09. The first-order valence-electron chi connectivity index (χ1n) is 6.78. The first-order valence-corrected chi connectivity index (χ1v) is 6.78. The maximum Gasteiger partial charge on any atom is -0.0171 e. The minimum Gasteiger partial charge on any atom is -0.0817 e. The van der Waals surface area contributed by atoms with E-state index in [2.05, 4.69) is 33.8 Å². The van der Waals surface area contributed by atoms with Crippen molar-refractivity contribution in [2.24, 2.45) is 29.6 Å². The molecule has 0 nitrogen and oxygen atoms in total. The Balaban J connectivity index is 2.19. The summed E-state index contributed by atoms with van der Waals surface area (Å²) in [4.78, 5) is 0.